The number of hydrogen-bond acceptors (Lipinski definition) is 7. The van der Waals surface area contributed by atoms with E-state index >= 15 is 0 Å². The number of carbonyl (C=O) groups is 1. The van der Waals surface area contributed by atoms with E-state index in [2.05, 4.69) is 5.32 Å². The number of ether oxygens (including phenoxy) is 3. The van der Waals surface area contributed by atoms with E-state index in [1.165, 1.54) is 12.1 Å². The molecule has 2 aliphatic heterocycles. The average molecular weight is 550 g/mol. The molecule has 1 amide bonds. The van der Waals surface area contributed by atoms with Crippen LogP contribution >= 0.6 is 0 Å². The summed E-state index contributed by atoms with van der Waals surface area (Å²) in [4.78, 5) is 13.1. The number of aliphatic hydroxyl groups excluding tert-OH is 1. The third kappa shape index (κ3) is 7.12. The molecule has 9 nitrogen and oxygen atoms in total. The number of amides is 1. The number of hydrogen-bond donors (Lipinski definition) is 2. The van der Waals surface area contributed by atoms with E-state index < -0.39 is 59.0 Å². The summed E-state index contributed by atoms with van der Waals surface area (Å²) in [5.74, 6) is -2.78. The number of fused-ring (bicyclic) bond motifs is 1. The lowest BCUT2D eigenvalue weighted by Gasteiger charge is -2.31. The number of alkyl carbamates (subject to hydrolysis) is 1. The molecule has 0 bridgehead atoms. The van der Waals surface area contributed by atoms with Gasteiger partial charge in [0, 0.05) is 15.8 Å². The number of aryl methyl sites for hydroxylation is 1. The van der Waals surface area contributed by atoms with Crippen LogP contribution in [-0.4, -0.2) is 74.7 Å². The number of rotatable bonds is 11. The van der Waals surface area contributed by atoms with E-state index in [4.69, 9.17) is 18.3 Å². The minimum Gasteiger partial charge on any atom is -0.443 e. The van der Waals surface area contributed by atoms with E-state index in [1.807, 2.05) is 13.0 Å². The van der Waals surface area contributed by atoms with Gasteiger partial charge < -0.3 is 24.6 Å². The lowest BCUT2D eigenvalue weighted by Crippen LogP contribution is -2.51. The number of sulfonamides is 1. The van der Waals surface area contributed by atoms with Gasteiger partial charge in [0.2, 0.25) is 10.0 Å². The van der Waals surface area contributed by atoms with Crippen molar-refractivity contribution >= 4 is 16.1 Å². The first kappa shape index (κ1) is 24.5. The minimum atomic E-state index is -4.10. The zero-order chi connectivity index (χ0) is 30.1. The Hall–Kier alpha value is -2.50. The molecule has 2 N–H and O–H groups in total. The van der Waals surface area contributed by atoms with Crippen molar-refractivity contribution in [1.29, 1.82) is 0 Å². The number of nitrogens with zero attached hydrogens (tertiary/aromatic N) is 1. The predicted octanol–water partition coefficient (Wildman–Crippen LogP) is 3.10. The summed E-state index contributed by atoms with van der Waals surface area (Å²) in [6, 6.07) is 14.3. The zero-order valence-electron chi connectivity index (χ0n) is 24.9. The molecule has 2 aromatic carbocycles. The highest BCUT2D eigenvalue weighted by Crippen LogP contribution is 2.33. The van der Waals surface area contributed by atoms with Gasteiger partial charge in [-0.3, -0.25) is 0 Å². The van der Waals surface area contributed by atoms with Gasteiger partial charge in [-0.25, -0.2) is 13.2 Å². The van der Waals surface area contributed by atoms with Crippen LogP contribution < -0.4 is 5.32 Å². The Labute approximate surface area is 229 Å². The Bertz CT molecular complexity index is 1310. The molecule has 2 heterocycles. The van der Waals surface area contributed by atoms with Gasteiger partial charge in [-0.1, -0.05) is 61.9 Å². The van der Waals surface area contributed by atoms with Crippen LogP contribution in [0.15, 0.2) is 59.5 Å². The van der Waals surface area contributed by atoms with Crippen LogP contribution in [0.2, 0.25) is 0 Å². The molecule has 38 heavy (non-hydrogen) atoms. The van der Waals surface area contributed by atoms with Crippen molar-refractivity contribution < 1.29 is 36.6 Å². The maximum absolute atomic E-state index is 13.6. The van der Waals surface area contributed by atoms with Gasteiger partial charge >= 0.3 is 6.09 Å². The van der Waals surface area contributed by atoms with Gasteiger partial charge in [0.25, 0.3) is 0 Å². The van der Waals surface area contributed by atoms with Crippen molar-refractivity contribution in [2.24, 2.45) is 11.8 Å². The zero-order valence-corrected chi connectivity index (χ0v) is 22.7. The molecule has 208 valence electrons. The minimum absolute atomic E-state index is 0.0259. The summed E-state index contributed by atoms with van der Waals surface area (Å²) < 4.78 is 70.1. The Morgan fingerprint density at radius 2 is 1.89 bits per heavy atom. The van der Waals surface area contributed by atoms with Crippen molar-refractivity contribution in [2.45, 2.75) is 63.0 Å². The van der Waals surface area contributed by atoms with Crippen LogP contribution in [0.4, 0.5) is 4.79 Å². The maximum atomic E-state index is 13.6. The second-order valence-corrected chi connectivity index (χ2v) is 11.9. The summed E-state index contributed by atoms with van der Waals surface area (Å²) in [6.07, 6.45) is -5.20. The second-order valence-electron chi connectivity index (χ2n) is 9.93. The monoisotopic (exact) mass is 549 g/mol. The molecule has 0 radical (unpaired) electrons. The highest BCUT2D eigenvalue weighted by Gasteiger charge is 2.44. The largest absolute Gasteiger partial charge is 0.443 e. The van der Waals surface area contributed by atoms with Crippen molar-refractivity contribution in [3.8, 4) is 0 Å². The van der Waals surface area contributed by atoms with Crippen LogP contribution in [0.1, 0.15) is 35.5 Å². The van der Waals surface area contributed by atoms with Crippen molar-refractivity contribution in [3.05, 3.63) is 65.7 Å². The van der Waals surface area contributed by atoms with Gasteiger partial charge in [-0.2, -0.15) is 4.31 Å². The molecular formula is C28H38N2O7S. The molecule has 0 aliphatic carbocycles. The summed E-state index contributed by atoms with van der Waals surface area (Å²) in [6.45, 7) is 4.21. The number of nitrogens with one attached hydrogen (secondary N) is 1. The Kier molecular flexibility index (Phi) is 8.12. The Morgan fingerprint density at radius 1 is 1.18 bits per heavy atom. The van der Waals surface area contributed by atoms with Gasteiger partial charge in [0.1, 0.15) is 6.08 Å². The quantitative estimate of drug-likeness (QED) is 0.443. The fourth-order valence-electron chi connectivity index (χ4n) is 4.49. The average Bonchev–Trinajstić information content (AvgIpc) is 3.38. The lowest BCUT2D eigenvalue weighted by molar-refractivity contribution is -0.0907. The molecule has 2 aromatic rings. The van der Waals surface area contributed by atoms with Crippen LogP contribution in [0.25, 0.3) is 0 Å². The molecule has 0 spiro atoms. The number of benzene rings is 2. The predicted molar refractivity (Wildman–Crippen MR) is 142 cm³/mol. The smallest absolute Gasteiger partial charge is 0.407 e. The maximum Gasteiger partial charge on any atom is 0.407 e. The van der Waals surface area contributed by atoms with Gasteiger partial charge in [-0.15, -0.1) is 0 Å². The molecule has 0 aromatic heterocycles. The summed E-state index contributed by atoms with van der Waals surface area (Å²) in [5, 5.41) is 14.0. The second kappa shape index (κ2) is 12.6. The summed E-state index contributed by atoms with van der Waals surface area (Å²) in [5.41, 5.74) is 1.64. The molecule has 0 unspecified atom stereocenters. The van der Waals surface area contributed by atoms with Gasteiger partial charge in [0.15, 0.2) is 6.29 Å². The molecule has 5 atom stereocenters. The van der Waals surface area contributed by atoms with E-state index in [0.717, 1.165) is 15.4 Å². The normalized spacial score (nSPS) is 28.1. The number of carbonyl (C=O) groups excluding carboxylic acids is 1. The highest BCUT2D eigenvalue weighted by molar-refractivity contribution is 7.89. The van der Waals surface area contributed by atoms with E-state index in [-0.39, 0.29) is 37.5 Å². The Morgan fingerprint density at radius 3 is 2.58 bits per heavy atom. The standard InChI is InChI=1S/C28H38N2O7S/c1-19(2)16-30(38(33,34)22-11-9-20(3)10-12-22)17-25(31)24(15-21-7-5-4-6-8-21)29-28(32)37-26-18-36-27-23(26)13-14-35-27/h4-12,19,23-27,31H,13-18H2,1-3H3,(H,29,32)/t23-,24-,25+,26-,27+/m0/s1/i19D,23D,26D. The Balaban J connectivity index is 1.57. The fraction of sp³-hybridized carbons (Fsp3) is 0.536. The molecular weight excluding hydrogens is 508 g/mol. The summed E-state index contributed by atoms with van der Waals surface area (Å²) in [7, 11) is -4.10. The van der Waals surface area contributed by atoms with Crippen molar-refractivity contribution in [1.82, 2.24) is 9.62 Å². The SMILES string of the molecule is [2H]C(C)(C)CN(C[C@@H](O)[C@H](Cc1ccccc1)NC(=O)O[C@@]1([2H])CO[C@H]2OCC[C@]21[2H])S(=O)(=O)c1ccc(C)cc1. The first-order valence-electron chi connectivity index (χ1n) is 14.1. The summed E-state index contributed by atoms with van der Waals surface area (Å²) >= 11 is 0. The third-order valence-corrected chi connectivity index (χ3v) is 8.30. The molecule has 4 rings (SSSR count). The van der Waals surface area contributed by atoms with Crippen LogP contribution in [-0.2, 0) is 30.7 Å². The lowest BCUT2D eigenvalue weighted by atomic mass is 10.0. The van der Waals surface area contributed by atoms with E-state index in [9.17, 15) is 18.3 Å². The first-order chi connectivity index (χ1) is 19.1. The van der Waals surface area contributed by atoms with Crippen LogP contribution in [0, 0.1) is 18.7 Å². The van der Waals surface area contributed by atoms with Crippen LogP contribution in [0.5, 0.6) is 0 Å². The van der Waals surface area contributed by atoms with Gasteiger partial charge in [-0.05, 0) is 43.4 Å². The fourth-order valence-corrected chi connectivity index (χ4v) is 6.05. The molecule has 2 saturated heterocycles. The van der Waals surface area contributed by atoms with E-state index in [0.29, 0.717) is 0 Å². The van der Waals surface area contributed by atoms with Crippen molar-refractivity contribution in [3.63, 3.8) is 0 Å². The molecule has 2 fully saturated rings. The highest BCUT2D eigenvalue weighted by atomic mass is 32.2. The number of aliphatic hydroxyl groups is 1. The first-order valence-corrected chi connectivity index (χ1v) is 14.1. The van der Waals surface area contributed by atoms with Crippen LogP contribution in [0.3, 0.4) is 0 Å². The van der Waals surface area contributed by atoms with E-state index in [1.54, 1.807) is 50.2 Å². The third-order valence-electron chi connectivity index (χ3n) is 6.47. The van der Waals surface area contributed by atoms with Crippen molar-refractivity contribution in [2.75, 3.05) is 26.3 Å². The topological polar surface area (TPSA) is 114 Å². The molecule has 2 aliphatic rings. The molecule has 0 saturated carbocycles. The van der Waals surface area contributed by atoms with Gasteiger partial charge in [0.05, 0.1) is 37.5 Å². The molecule has 10 heteroatoms.